The summed E-state index contributed by atoms with van der Waals surface area (Å²) in [7, 11) is 0. The summed E-state index contributed by atoms with van der Waals surface area (Å²) in [4.78, 5) is 15.3. The van der Waals surface area contributed by atoms with Crippen molar-refractivity contribution in [1.82, 2.24) is 10.3 Å². The fourth-order valence-electron chi connectivity index (χ4n) is 3.30. The van der Waals surface area contributed by atoms with Crippen molar-refractivity contribution in [2.24, 2.45) is 0 Å². The lowest BCUT2D eigenvalue weighted by Gasteiger charge is -2.21. The number of aliphatic hydroxyl groups is 1. The zero-order valence-corrected chi connectivity index (χ0v) is 12.2. The lowest BCUT2D eigenvalue weighted by Crippen LogP contribution is -2.25. The zero-order valence-electron chi connectivity index (χ0n) is 12.2. The highest BCUT2D eigenvalue weighted by Crippen LogP contribution is 2.32. The maximum atomic E-state index is 12.2. The first-order valence-corrected chi connectivity index (χ1v) is 7.79. The van der Waals surface area contributed by atoms with Gasteiger partial charge in [-0.15, -0.1) is 0 Å². The van der Waals surface area contributed by atoms with Gasteiger partial charge in [0.15, 0.2) is 0 Å². The number of benzene rings is 1. The van der Waals surface area contributed by atoms with Crippen molar-refractivity contribution in [2.75, 3.05) is 13.2 Å². The Kier molecular flexibility index (Phi) is 4.36. The Hall–Kier alpha value is -1.65. The van der Waals surface area contributed by atoms with E-state index in [0.717, 1.165) is 55.1 Å². The number of aryl methyl sites for hydroxylation is 1. The van der Waals surface area contributed by atoms with E-state index in [1.165, 1.54) is 5.56 Å². The third-order valence-electron chi connectivity index (χ3n) is 4.30. The summed E-state index contributed by atoms with van der Waals surface area (Å²) in [6.07, 6.45) is 5.04. The third kappa shape index (κ3) is 2.87. The van der Waals surface area contributed by atoms with E-state index in [9.17, 15) is 4.79 Å². The van der Waals surface area contributed by atoms with Gasteiger partial charge in [0.2, 0.25) is 0 Å². The van der Waals surface area contributed by atoms with Gasteiger partial charge in [-0.2, -0.15) is 0 Å². The highest BCUT2D eigenvalue weighted by Gasteiger charge is 2.22. The first-order chi connectivity index (χ1) is 10.3. The summed E-state index contributed by atoms with van der Waals surface area (Å²) in [6.45, 7) is 1.01. The number of nitrogens with one attached hydrogen (secondary N) is 2. The van der Waals surface area contributed by atoms with Crippen molar-refractivity contribution < 1.29 is 5.11 Å². The quantitative estimate of drug-likeness (QED) is 0.597. The molecule has 0 saturated heterocycles. The fourth-order valence-corrected chi connectivity index (χ4v) is 3.30. The molecule has 4 nitrogen and oxygen atoms in total. The molecule has 1 heterocycles. The molecule has 0 bridgehead atoms. The molecule has 1 aromatic heterocycles. The normalized spacial score (nSPS) is 18.4. The van der Waals surface area contributed by atoms with Crippen LogP contribution in [0, 0.1) is 0 Å². The van der Waals surface area contributed by atoms with Gasteiger partial charge in [-0.25, -0.2) is 0 Å². The summed E-state index contributed by atoms with van der Waals surface area (Å²) in [5.74, 6) is 0. The zero-order chi connectivity index (χ0) is 14.7. The first kappa shape index (κ1) is 14.3. The minimum atomic E-state index is 0.0142. The van der Waals surface area contributed by atoms with Crippen LogP contribution in [0.4, 0.5) is 0 Å². The van der Waals surface area contributed by atoms with Crippen LogP contribution in [0.2, 0.25) is 0 Å². The Morgan fingerprint density at radius 3 is 2.86 bits per heavy atom. The number of hydrogen-bond acceptors (Lipinski definition) is 3. The largest absolute Gasteiger partial charge is 0.396 e. The Bertz CT molecular complexity index is 678. The van der Waals surface area contributed by atoms with Crippen LogP contribution in [0.1, 0.15) is 43.0 Å². The first-order valence-electron chi connectivity index (χ1n) is 7.79. The molecule has 0 radical (unpaired) electrons. The average molecular weight is 286 g/mol. The van der Waals surface area contributed by atoms with Crippen LogP contribution < -0.4 is 10.9 Å². The molecule has 0 spiro atoms. The molecule has 0 amide bonds. The Labute approximate surface area is 124 Å². The van der Waals surface area contributed by atoms with Crippen LogP contribution in [-0.4, -0.2) is 23.2 Å². The van der Waals surface area contributed by atoms with Crippen molar-refractivity contribution in [1.29, 1.82) is 0 Å². The van der Waals surface area contributed by atoms with Gasteiger partial charge in [-0.3, -0.25) is 4.79 Å². The summed E-state index contributed by atoms with van der Waals surface area (Å²) in [6, 6.07) is 8.11. The minimum Gasteiger partial charge on any atom is -0.396 e. The molecule has 2 aromatic rings. The highest BCUT2D eigenvalue weighted by atomic mass is 16.3. The van der Waals surface area contributed by atoms with Crippen LogP contribution in [-0.2, 0) is 6.42 Å². The number of rotatable bonds is 4. The molecule has 1 atom stereocenters. The molecule has 0 saturated carbocycles. The van der Waals surface area contributed by atoms with Crippen LogP contribution in [0.3, 0.4) is 0 Å². The summed E-state index contributed by atoms with van der Waals surface area (Å²) in [5.41, 5.74) is 2.35. The van der Waals surface area contributed by atoms with Gasteiger partial charge in [0, 0.05) is 23.7 Å². The second-order valence-electron chi connectivity index (χ2n) is 5.72. The Morgan fingerprint density at radius 2 is 2.05 bits per heavy atom. The molecule has 0 fully saturated rings. The van der Waals surface area contributed by atoms with Crippen LogP contribution in [0.15, 0.2) is 29.1 Å². The number of hydrogen-bond donors (Lipinski definition) is 3. The number of H-pyrrole nitrogens is 1. The number of fused-ring (bicyclic) bond motifs is 3. The van der Waals surface area contributed by atoms with Crippen LogP contribution in [0.25, 0.3) is 10.8 Å². The molecule has 4 heteroatoms. The summed E-state index contributed by atoms with van der Waals surface area (Å²) >= 11 is 0. The molecule has 1 unspecified atom stereocenters. The standard InChI is InChI=1S/C17H22N2O2/c20-11-5-10-18-14-8-3-4-9-15-16(14)12-6-1-2-7-13(12)17(21)19-15/h1-2,6-7,14,18,20H,3-5,8-11H2,(H,19,21). The van der Waals surface area contributed by atoms with E-state index in [0.29, 0.717) is 0 Å². The second-order valence-corrected chi connectivity index (χ2v) is 5.72. The van der Waals surface area contributed by atoms with E-state index < -0.39 is 0 Å². The van der Waals surface area contributed by atoms with Crippen molar-refractivity contribution in [3.8, 4) is 0 Å². The van der Waals surface area contributed by atoms with E-state index in [2.05, 4.69) is 16.4 Å². The number of aromatic nitrogens is 1. The van der Waals surface area contributed by atoms with Gasteiger partial charge in [0.1, 0.15) is 0 Å². The molecule has 3 N–H and O–H groups in total. The van der Waals surface area contributed by atoms with Gasteiger partial charge >= 0.3 is 0 Å². The van der Waals surface area contributed by atoms with Crippen LogP contribution in [0.5, 0.6) is 0 Å². The lowest BCUT2D eigenvalue weighted by atomic mass is 9.96. The minimum absolute atomic E-state index is 0.0142. The van der Waals surface area contributed by atoms with E-state index >= 15 is 0 Å². The average Bonchev–Trinajstić information content (AvgIpc) is 2.70. The van der Waals surface area contributed by atoms with E-state index in [4.69, 9.17) is 5.11 Å². The molecule has 1 aliphatic rings. The van der Waals surface area contributed by atoms with Crippen molar-refractivity contribution >= 4 is 10.8 Å². The molecular weight excluding hydrogens is 264 g/mol. The van der Waals surface area contributed by atoms with Crippen LogP contribution >= 0.6 is 0 Å². The predicted molar refractivity (Wildman–Crippen MR) is 84.6 cm³/mol. The van der Waals surface area contributed by atoms with Gasteiger partial charge in [0.05, 0.1) is 0 Å². The summed E-state index contributed by atoms with van der Waals surface area (Å²) < 4.78 is 0. The third-order valence-corrected chi connectivity index (χ3v) is 4.30. The molecule has 3 rings (SSSR count). The van der Waals surface area contributed by atoms with Crippen molar-refractivity contribution in [3.63, 3.8) is 0 Å². The van der Waals surface area contributed by atoms with Crippen molar-refractivity contribution in [3.05, 3.63) is 45.9 Å². The summed E-state index contributed by atoms with van der Waals surface area (Å²) in [5, 5.41) is 14.4. The molecule has 112 valence electrons. The van der Waals surface area contributed by atoms with Gasteiger partial charge in [-0.05, 0) is 49.2 Å². The monoisotopic (exact) mass is 286 g/mol. The van der Waals surface area contributed by atoms with E-state index in [-0.39, 0.29) is 18.2 Å². The number of aromatic amines is 1. The molecule has 21 heavy (non-hydrogen) atoms. The van der Waals surface area contributed by atoms with Gasteiger partial charge in [0.25, 0.3) is 5.56 Å². The maximum Gasteiger partial charge on any atom is 0.256 e. The predicted octanol–water partition coefficient (Wildman–Crippen LogP) is 2.27. The number of aliphatic hydroxyl groups excluding tert-OH is 1. The molecule has 1 aromatic carbocycles. The maximum absolute atomic E-state index is 12.2. The smallest absolute Gasteiger partial charge is 0.256 e. The Balaban J connectivity index is 2.09. The van der Waals surface area contributed by atoms with Gasteiger partial charge in [-0.1, -0.05) is 24.6 Å². The Morgan fingerprint density at radius 1 is 1.24 bits per heavy atom. The number of pyridine rings is 1. The second kappa shape index (κ2) is 6.41. The lowest BCUT2D eigenvalue weighted by molar-refractivity contribution is 0.282. The van der Waals surface area contributed by atoms with E-state index in [1.807, 2.05) is 18.2 Å². The van der Waals surface area contributed by atoms with Crippen molar-refractivity contribution in [2.45, 2.75) is 38.1 Å². The molecule has 0 aliphatic heterocycles. The molecular formula is C17H22N2O2. The molecule has 1 aliphatic carbocycles. The fraction of sp³-hybridized carbons (Fsp3) is 0.471. The van der Waals surface area contributed by atoms with Gasteiger partial charge < -0.3 is 15.4 Å². The highest BCUT2D eigenvalue weighted by molar-refractivity contribution is 5.86. The van der Waals surface area contributed by atoms with E-state index in [1.54, 1.807) is 0 Å². The SMILES string of the molecule is O=c1[nH]c2c(c3ccccc13)C(NCCCO)CCCC2. The topological polar surface area (TPSA) is 65.1 Å².